The minimum absolute atomic E-state index is 0.00867. The summed E-state index contributed by atoms with van der Waals surface area (Å²) in [5, 5.41) is 0. The molecule has 1 rings (SSSR count). The van der Waals surface area contributed by atoms with Gasteiger partial charge in [0.15, 0.2) is 6.29 Å². The second kappa shape index (κ2) is 10.4. The number of unbranched alkanes of at least 4 members (excludes halogenated alkanes) is 4. The zero-order chi connectivity index (χ0) is 12.2. The number of allylic oxidation sites excluding steroid dienone is 1. The van der Waals surface area contributed by atoms with Crippen LogP contribution in [0.2, 0.25) is 0 Å². The van der Waals surface area contributed by atoms with E-state index in [1.807, 2.05) is 6.08 Å². The van der Waals surface area contributed by atoms with Crippen molar-refractivity contribution in [3.63, 3.8) is 0 Å². The fraction of sp³-hybridized carbons (Fsp3) is 0.733. The van der Waals surface area contributed by atoms with Crippen LogP contribution in [0.15, 0.2) is 12.7 Å². The minimum Gasteiger partial charge on any atom is -0.353 e. The Morgan fingerprint density at radius 3 is 2.94 bits per heavy atom. The highest BCUT2D eigenvalue weighted by Gasteiger charge is 2.12. The zero-order valence-electron chi connectivity index (χ0n) is 10.7. The first-order valence-corrected chi connectivity index (χ1v) is 6.73. The molecule has 96 valence electrons. The summed E-state index contributed by atoms with van der Waals surface area (Å²) in [7, 11) is 0. The second-order valence-electron chi connectivity index (χ2n) is 4.35. The van der Waals surface area contributed by atoms with Crippen LogP contribution in [0.25, 0.3) is 0 Å². The Bertz CT molecular complexity index is 243. The average Bonchev–Trinajstić information content (AvgIpc) is 2.38. The van der Waals surface area contributed by atoms with E-state index in [-0.39, 0.29) is 6.29 Å². The maximum absolute atomic E-state index is 5.52. The molecule has 1 aliphatic heterocycles. The van der Waals surface area contributed by atoms with Gasteiger partial charge in [-0.15, -0.1) is 12.5 Å². The van der Waals surface area contributed by atoms with E-state index in [9.17, 15) is 0 Å². The van der Waals surface area contributed by atoms with E-state index in [0.717, 1.165) is 32.3 Å². The predicted octanol–water partition coefficient (Wildman–Crippen LogP) is 3.67. The zero-order valence-corrected chi connectivity index (χ0v) is 10.7. The van der Waals surface area contributed by atoms with Gasteiger partial charge in [0.2, 0.25) is 0 Å². The van der Waals surface area contributed by atoms with Crippen LogP contribution in [0.1, 0.15) is 51.4 Å². The summed E-state index contributed by atoms with van der Waals surface area (Å²) in [5.74, 6) is 6.20. The van der Waals surface area contributed by atoms with E-state index in [2.05, 4.69) is 18.4 Å². The second-order valence-corrected chi connectivity index (χ2v) is 4.35. The SMILES string of the molecule is C=CCCCCCC#CCOC1CCCCO1. The van der Waals surface area contributed by atoms with Gasteiger partial charge in [-0.3, -0.25) is 0 Å². The highest BCUT2D eigenvalue weighted by atomic mass is 16.7. The van der Waals surface area contributed by atoms with Crippen LogP contribution in [0.5, 0.6) is 0 Å². The molecular formula is C15H24O2. The van der Waals surface area contributed by atoms with Crippen LogP contribution >= 0.6 is 0 Å². The Labute approximate surface area is 105 Å². The Balaban J connectivity index is 1.89. The first kappa shape index (κ1) is 14.3. The Morgan fingerprint density at radius 1 is 1.24 bits per heavy atom. The normalized spacial score (nSPS) is 19.4. The van der Waals surface area contributed by atoms with Crippen LogP contribution in [0, 0.1) is 11.8 Å². The summed E-state index contributed by atoms with van der Waals surface area (Å²) in [6.07, 6.45) is 11.1. The highest BCUT2D eigenvalue weighted by molar-refractivity contribution is 4.98. The van der Waals surface area contributed by atoms with E-state index < -0.39 is 0 Å². The van der Waals surface area contributed by atoms with Crippen LogP contribution < -0.4 is 0 Å². The van der Waals surface area contributed by atoms with Crippen molar-refractivity contribution in [2.75, 3.05) is 13.2 Å². The van der Waals surface area contributed by atoms with E-state index in [0.29, 0.717) is 6.61 Å². The van der Waals surface area contributed by atoms with Crippen LogP contribution in [-0.4, -0.2) is 19.5 Å². The quantitative estimate of drug-likeness (QED) is 0.381. The summed E-state index contributed by atoms with van der Waals surface area (Å²) >= 11 is 0. The van der Waals surface area contributed by atoms with Gasteiger partial charge in [-0.05, 0) is 38.5 Å². The number of hydrogen-bond donors (Lipinski definition) is 0. The molecule has 0 radical (unpaired) electrons. The van der Waals surface area contributed by atoms with Crippen molar-refractivity contribution in [1.29, 1.82) is 0 Å². The van der Waals surface area contributed by atoms with Crippen molar-refractivity contribution in [3.05, 3.63) is 12.7 Å². The van der Waals surface area contributed by atoms with Gasteiger partial charge in [-0.25, -0.2) is 0 Å². The summed E-state index contributed by atoms with van der Waals surface area (Å²) < 4.78 is 11.0. The van der Waals surface area contributed by atoms with Crippen molar-refractivity contribution >= 4 is 0 Å². The summed E-state index contributed by atoms with van der Waals surface area (Å²) in [4.78, 5) is 0. The fourth-order valence-corrected chi connectivity index (χ4v) is 1.80. The molecule has 0 saturated carbocycles. The maximum atomic E-state index is 5.52. The number of ether oxygens (including phenoxy) is 2. The molecule has 0 aliphatic carbocycles. The molecule has 0 aromatic rings. The monoisotopic (exact) mass is 236 g/mol. The lowest BCUT2D eigenvalue weighted by atomic mass is 10.1. The van der Waals surface area contributed by atoms with Crippen LogP contribution in [0.3, 0.4) is 0 Å². The molecule has 0 amide bonds. The fourth-order valence-electron chi connectivity index (χ4n) is 1.80. The largest absolute Gasteiger partial charge is 0.353 e. The molecule has 1 heterocycles. The molecule has 0 N–H and O–H groups in total. The highest BCUT2D eigenvalue weighted by Crippen LogP contribution is 2.13. The lowest BCUT2D eigenvalue weighted by Gasteiger charge is -2.21. The Morgan fingerprint density at radius 2 is 2.18 bits per heavy atom. The van der Waals surface area contributed by atoms with Gasteiger partial charge >= 0.3 is 0 Å². The maximum Gasteiger partial charge on any atom is 0.158 e. The molecule has 2 nitrogen and oxygen atoms in total. The Hall–Kier alpha value is -0.780. The lowest BCUT2D eigenvalue weighted by Crippen LogP contribution is -2.22. The third-order valence-electron chi connectivity index (χ3n) is 2.81. The van der Waals surface area contributed by atoms with Gasteiger partial charge in [-0.2, -0.15) is 0 Å². The van der Waals surface area contributed by atoms with E-state index in [4.69, 9.17) is 9.47 Å². The van der Waals surface area contributed by atoms with Crippen molar-refractivity contribution < 1.29 is 9.47 Å². The molecule has 2 heteroatoms. The molecular weight excluding hydrogens is 212 g/mol. The Kier molecular flexibility index (Phi) is 8.72. The summed E-state index contributed by atoms with van der Waals surface area (Å²) in [6, 6.07) is 0. The molecule has 17 heavy (non-hydrogen) atoms. The van der Waals surface area contributed by atoms with Crippen molar-refractivity contribution in [2.24, 2.45) is 0 Å². The number of hydrogen-bond acceptors (Lipinski definition) is 2. The third-order valence-corrected chi connectivity index (χ3v) is 2.81. The molecule has 1 saturated heterocycles. The molecule has 1 aliphatic rings. The van der Waals surface area contributed by atoms with Gasteiger partial charge in [0.05, 0.1) is 0 Å². The molecule has 1 atom stereocenters. The third kappa shape index (κ3) is 8.01. The van der Waals surface area contributed by atoms with Crippen molar-refractivity contribution in [3.8, 4) is 11.8 Å². The molecule has 0 aromatic heterocycles. The van der Waals surface area contributed by atoms with Crippen molar-refractivity contribution in [1.82, 2.24) is 0 Å². The van der Waals surface area contributed by atoms with Gasteiger partial charge < -0.3 is 9.47 Å². The van der Waals surface area contributed by atoms with Gasteiger partial charge in [0, 0.05) is 13.0 Å². The van der Waals surface area contributed by atoms with E-state index in [1.165, 1.54) is 25.7 Å². The van der Waals surface area contributed by atoms with Gasteiger partial charge in [0.25, 0.3) is 0 Å². The van der Waals surface area contributed by atoms with Crippen LogP contribution in [-0.2, 0) is 9.47 Å². The van der Waals surface area contributed by atoms with E-state index in [1.54, 1.807) is 0 Å². The van der Waals surface area contributed by atoms with Crippen molar-refractivity contribution in [2.45, 2.75) is 57.7 Å². The summed E-state index contributed by atoms with van der Waals surface area (Å²) in [5.41, 5.74) is 0. The predicted molar refractivity (Wildman–Crippen MR) is 70.6 cm³/mol. The van der Waals surface area contributed by atoms with Gasteiger partial charge in [-0.1, -0.05) is 18.4 Å². The topological polar surface area (TPSA) is 18.5 Å². The van der Waals surface area contributed by atoms with E-state index >= 15 is 0 Å². The molecule has 1 fully saturated rings. The first-order valence-electron chi connectivity index (χ1n) is 6.73. The molecule has 0 aromatic carbocycles. The first-order chi connectivity index (χ1) is 8.43. The summed E-state index contributed by atoms with van der Waals surface area (Å²) in [6.45, 7) is 5.05. The van der Waals surface area contributed by atoms with Gasteiger partial charge in [0.1, 0.15) is 6.61 Å². The number of rotatable bonds is 7. The smallest absolute Gasteiger partial charge is 0.158 e. The average molecular weight is 236 g/mol. The lowest BCUT2D eigenvalue weighted by molar-refractivity contribution is -0.154. The van der Waals surface area contributed by atoms with Crippen LogP contribution in [0.4, 0.5) is 0 Å². The standard InChI is InChI=1S/C15H24O2/c1-2-3-4-5-6-7-8-10-13-16-15-12-9-11-14-17-15/h2,15H,1,3-7,9,11-14H2. The molecule has 1 unspecified atom stereocenters. The molecule has 0 spiro atoms. The molecule has 0 bridgehead atoms. The minimum atomic E-state index is -0.00867.